The minimum Gasteiger partial charge on any atom is -0.385 e. The number of ether oxygens (including phenoxy) is 1. The molecule has 0 radical (unpaired) electrons. The highest BCUT2D eigenvalue weighted by atomic mass is 35.5. The average Bonchev–Trinajstić information content (AvgIpc) is 3.13. The van der Waals surface area contributed by atoms with Gasteiger partial charge in [0, 0.05) is 31.5 Å². The summed E-state index contributed by atoms with van der Waals surface area (Å²) in [5.74, 6) is -0.182. The van der Waals surface area contributed by atoms with Crippen LogP contribution in [0.5, 0.6) is 0 Å². The molecule has 0 fully saturated rings. The Morgan fingerprint density at radius 1 is 1.23 bits per heavy atom. The van der Waals surface area contributed by atoms with Gasteiger partial charge in [-0.25, -0.2) is 4.39 Å². The number of methoxy groups -OCH3 is 1. The van der Waals surface area contributed by atoms with Crippen LogP contribution in [0.4, 0.5) is 10.1 Å². The first kappa shape index (κ1) is 23.5. The number of anilines is 1. The van der Waals surface area contributed by atoms with E-state index in [1.807, 2.05) is 22.8 Å². The van der Waals surface area contributed by atoms with Gasteiger partial charge in [-0.3, -0.25) is 4.79 Å². The lowest BCUT2D eigenvalue weighted by molar-refractivity contribution is -0.115. The van der Waals surface area contributed by atoms with Crippen LogP contribution in [0, 0.1) is 5.82 Å². The van der Waals surface area contributed by atoms with Crippen LogP contribution in [0.1, 0.15) is 13.3 Å². The van der Waals surface area contributed by atoms with E-state index < -0.39 is 11.1 Å². The van der Waals surface area contributed by atoms with Crippen LogP contribution in [-0.4, -0.2) is 39.6 Å². The minimum atomic E-state index is -0.543. The Morgan fingerprint density at radius 3 is 2.71 bits per heavy atom. The molecule has 164 valence electrons. The third-order valence-electron chi connectivity index (χ3n) is 4.40. The molecule has 1 amide bonds. The minimum absolute atomic E-state index is 0.0552. The first-order valence-electron chi connectivity index (χ1n) is 9.50. The number of halogens is 3. The third kappa shape index (κ3) is 5.98. The van der Waals surface area contributed by atoms with Crippen LogP contribution < -0.4 is 5.32 Å². The zero-order chi connectivity index (χ0) is 22.4. The monoisotopic (exact) mass is 482 g/mol. The Bertz CT molecular complexity index is 1060. The van der Waals surface area contributed by atoms with E-state index in [1.54, 1.807) is 20.1 Å². The molecule has 0 saturated carbocycles. The van der Waals surface area contributed by atoms with E-state index in [4.69, 9.17) is 27.9 Å². The molecule has 0 spiro atoms. The number of carbonyl (C=O) groups is 1. The Morgan fingerprint density at radius 2 is 2.00 bits per heavy atom. The van der Waals surface area contributed by atoms with Crippen molar-refractivity contribution in [2.75, 3.05) is 19.0 Å². The van der Waals surface area contributed by atoms with Crippen LogP contribution in [0.15, 0.2) is 47.6 Å². The van der Waals surface area contributed by atoms with Gasteiger partial charge in [-0.15, -0.1) is 10.2 Å². The van der Waals surface area contributed by atoms with Crippen molar-refractivity contribution >= 4 is 46.6 Å². The van der Waals surface area contributed by atoms with Crippen molar-refractivity contribution in [1.29, 1.82) is 0 Å². The summed E-state index contributed by atoms with van der Waals surface area (Å²) in [7, 11) is 1.64. The molecule has 1 N–H and O–H groups in total. The first-order chi connectivity index (χ1) is 14.9. The first-order valence-corrected chi connectivity index (χ1v) is 11.1. The average molecular weight is 483 g/mol. The lowest BCUT2D eigenvalue weighted by Gasteiger charge is -2.14. The maximum absolute atomic E-state index is 13.3. The van der Waals surface area contributed by atoms with E-state index in [0.717, 1.165) is 12.0 Å². The van der Waals surface area contributed by atoms with E-state index in [1.165, 1.54) is 30.0 Å². The highest BCUT2D eigenvalue weighted by Crippen LogP contribution is 2.31. The van der Waals surface area contributed by atoms with Crippen LogP contribution in [0.25, 0.3) is 11.4 Å². The normalized spacial score (nSPS) is 12.0. The second kappa shape index (κ2) is 10.9. The number of aromatic nitrogens is 3. The maximum Gasteiger partial charge on any atom is 0.237 e. The van der Waals surface area contributed by atoms with E-state index in [9.17, 15) is 9.18 Å². The van der Waals surface area contributed by atoms with Gasteiger partial charge >= 0.3 is 0 Å². The standard InChI is InChI=1S/C21H21Cl2FN4O2S/c1-13(20(29)25-14-8-9-18(24)17(23)12-14)31-21-27-26-19(28(21)10-5-11-30-2)15-6-3-4-7-16(15)22/h3-4,6-9,12-13H,5,10-11H2,1-2H3,(H,25,29). The highest BCUT2D eigenvalue weighted by Gasteiger charge is 2.22. The Balaban J connectivity index is 1.79. The molecule has 1 aromatic heterocycles. The zero-order valence-electron chi connectivity index (χ0n) is 16.9. The van der Waals surface area contributed by atoms with Crippen molar-refractivity contribution < 1.29 is 13.9 Å². The molecule has 6 nitrogen and oxygen atoms in total. The summed E-state index contributed by atoms with van der Waals surface area (Å²) in [6.07, 6.45) is 0.744. The number of nitrogens with one attached hydrogen (secondary N) is 1. The summed E-state index contributed by atoms with van der Waals surface area (Å²) < 4.78 is 20.4. The number of hydrogen-bond acceptors (Lipinski definition) is 5. The molecule has 0 aliphatic carbocycles. The Kier molecular flexibility index (Phi) is 8.31. The van der Waals surface area contributed by atoms with Crippen molar-refractivity contribution in [2.45, 2.75) is 30.3 Å². The summed E-state index contributed by atoms with van der Waals surface area (Å²) >= 11 is 13.4. The molecule has 10 heteroatoms. The maximum atomic E-state index is 13.3. The fraction of sp³-hybridized carbons (Fsp3) is 0.286. The molecule has 2 aromatic carbocycles. The molecule has 3 rings (SSSR count). The van der Waals surface area contributed by atoms with Crippen LogP contribution in [0.2, 0.25) is 10.0 Å². The van der Waals surface area contributed by atoms with Crippen molar-refractivity contribution in [3.05, 3.63) is 58.3 Å². The second-order valence-electron chi connectivity index (χ2n) is 6.66. The Hall–Kier alpha value is -2.13. The topological polar surface area (TPSA) is 69.0 Å². The van der Waals surface area contributed by atoms with E-state index in [0.29, 0.717) is 34.8 Å². The van der Waals surface area contributed by atoms with Gasteiger partial charge in [-0.1, -0.05) is 47.1 Å². The molecule has 0 aliphatic heterocycles. The molecule has 1 atom stereocenters. The molecular weight excluding hydrogens is 462 g/mol. The van der Waals surface area contributed by atoms with Gasteiger partial charge in [-0.2, -0.15) is 0 Å². The summed E-state index contributed by atoms with van der Waals surface area (Å²) in [5, 5.41) is 12.0. The van der Waals surface area contributed by atoms with Gasteiger partial charge in [0.1, 0.15) is 5.82 Å². The van der Waals surface area contributed by atoms with Gasteiger partial charge in [0.2, 0.25) is 5.91 Å². The highest BCUT2D eigenvalue weighted by molar-refractivity contribution is 8.00. The van der Waals surface area contributed by atoms with E-state index in [2.05, 4.69) is 15.5 Å². The molecule has 1 unspecified atom stereocenters. The zero-order valence-corrected chi connectivity index (χ0v) is 19.3. The summed E-state index contributed by atoms with van der Waals surface area (Å²) in [6, 6.07) is 11.4. The van der Waals surface area contributed by atoms with E-state index in [-0.39, 0.29) is 10.9 Å². The molecule has 0 saturated heterocycles. The predicted molar refractivity (Wildman–Crippen MR) is 122 cm³/mol. The fourth-order valence-electron chi connectivity index (χ4n) is 2.82. The van der Waals surface area contributed by atoms with Crippen molar-refractivity contribution in [3.8, 4) is 11.4 Å². The predicted octanol–water partition coefficient (Wildman–Crippen LogP) is 5.55. The summed E-state index contributed by atoms with van der Waals surface area (Å²) in [6.45, 7) is 2.94. The van der Waals surface area contributed by atoms with Gasteiger partial charge in [0.25, 0.3) is 0 Å². The number of amides is 1. The van der Waals surface area contributed by atoms with Crippen LogP contribution in [-0.2, 0) is 16.1 Å². The third-order valence-corrected chi connectivity index (χ3v) is 6.10. The number of nitrogens with zero attached hydrogens (tertiary/aromatic N) is 3. The van der Waals surface area contributed by atoms with Gasteiger partial charge in [-0.05, 0) is 43.7 Å². The lowest BCUT2D eigenvalue weighted by Crippen LogP contribution is -2.23. The molecule has 1 heterocycles. The lowest BCUT2D eigenvalue weighted by atomic mass is 10.2. The molecule has 3 aromatic rings. The smallest absolute Gasteiger partial charge is 0.237 e. The summed E-state index contributed by atoms with van der Waals surface area (Å²) in [5.41, 5.74) is 1.18. The molecule has 0 bridgehead atoms. The van der Waals surface area contributed by atoms with Gasteiger partial charge < -0.3 is 14.6 Å². The second-order valence-corrected chi connectivity index (χ2v) is 8.78. The summed E-state index contributed by atoms with van der Waals surface area (Å²) in [4.78, 5) is 12.6. The van der Waals surface area contributed by atoms with Gasteiger partial charge in [0.15, 0.2) is 11.0 Å². The SMILES string of the molecule is COCCCn1c(SC(C)C(=O)Nc2ccc(F)c(Cl)c2)nnc1-c1ccccc1Cl. The molecule has 31 heavy (non-hydrogen) atoms. The van der Waals surface area contributed by atoms with Crippen molar-refractivity contribution in [3.63, 3.8) is 0 Å². The largest absolute Gasteiger partial charge is 0.385 e. The number of benzene rings is 2. The fourth-order valence-corrected chi connectivity index (χ4v) is 4.09. The molecule has 0 aliphatic rings. The number of carbonyl (C=O) groups excluding carboxylic acids is 1. The quantitative estimate of drug-likeness (QED) is 0.320. The Labute approximate surface area is 194 Å². The number of rotatable bonds is 9. The van der Waals surface area contributed by atoms with E-state index >= 15 is 0 Å². The number of hydrogen-bond donors (Lipinski definition) is 1. The molecular formula is C21H21Cl2FN4O2S. The van der Waals surface area contributed by atoms with Crippen LogP contribution >= 0.6 is 35.0 Å². The van der Waals surface area contributed by atoms with Crippen LogP contribution in [0.3, 0.4) is 0 Å². The number of thioether (sulfide) groups is 1. The van der Waals surface area contributed by atoms with Gasteiger partial charge in [0.05, 0.1) is 15.3 Å². The van der Waals surface area contributed by atoms with Crippen molar-refractivity contribution in [1.82, 2.24) is 14.8 Å². The van der Waals surface area contributed by atoms with Crippen molar-refractivity contribution in [2.24, 2.45) is 0 Å².